The van der Waals surface area contributed by atoms with Gasteiger partial charge < -0.3 is 5.11 Å². The third-order valence-electron chi connectivity index (χ3n) is 5.29. The minimum Gasteiger partial charge on any atom is -0.872 e. The van der Waals surface area contributed by atoms with Crippen LogP contribution in [-0.2, 0) is 11.3 Å². The highest BCUT2D eigenvalue weighted by molar-refractivity contribution is 6.23. The van der Waals surface area contributed by atoms with Crippen LogP contribution in [0.1, 0.15) is 16.7 Å². The maximum Gasteiger partial charge on any atom is 0.421 e. The van der Waals surface area contributed by atoms with Crippen molar-refractivity contribution in [3.05, 3.63) is 65.2 Å². The first kappa shape index (κ1) is 20.2. The van der Waals surface area contributed by atoms with Crippen LogP contribution >= 0.6 is 0 Å². The van der Waals surface area contributed by atoms with E-state index in [4.69, 9.17) is 0 Å². The zero-order chi connectivity index (χ0) is 22.1. The number of imide groups is 1. The summed E-state index contributed by atoms with van der Waals surface area (Å²) in [6.45, 7) is 2.39. The van der Waals surface area contributed by atoms with Crippen molar-refractivity contribution in [2.24, 2.45) is 5.10 Å². The molecule has 158 valence electrons. The van der Waals surface area contributed by atoms with Crippen LogP contribution < -0.4 is 15.2 Å². The summed E-state index contributed by atoms with van der Waals surface area (Å²) in [6, 6.07) is 13.3. The molecule has 1 unspecified atom stereocenters. The Morgan fingerprint density at radius 2 is 1.81 bits per heavy atom. The molecule has 2 aliphatic rings. The van der Waals surface area contributed by atoms with E-state index in [9.17, 15) is 14.7 Å². The molecule has 4 rings (SSSR count). The van der Waals surface area contributed by atoms with Crippen LogP contribution in [0.15, 0.2) is 53.6 Å². The van der Waals surface area contributed by atoms with Crippen LogP contribution in [0, 0.1) is 6.92 Å². The lowest BCUT2D eigenvalue weighted by Crippen LogP contribution is -2.63. The molecule has 2 aliphatic heterocycles. The number of guanidine groups is 1. The van der Waals surface area contributed by atoms with E-state index in [-0.39, 0.29) is 11.7 Å². The largest absolute Gasteiger partial charge is 0.872 e. The number of rotatable bonds is 4. The van der Waals surface area contributed by atoms with Crippen molar-refractivity contribution in [1.29, 1.82) is 0 Å². The average molecular weight is 418 g/mol. The molecule has 0 bridgehead atoms. The van der Waals surface area contributed by atoms with Crippen molar-refractivity contribution in [3.8, 4) is 5.75 Å². The van der Waals surface area contributed by atoms with Gasteiger partial charge in [0.1, 0.15) is 0 Å². The van der Waals surface area contributed by atoms with E-state index in [1.807, 2.05) is 31.2 Å². The van der Waals surface area contributed by atoms with Crippen LogP contribution in [0.4, 0.5) is 4.79 Å². The number of amidine groups is 1. The smallest absolute Gasteiger partial charge is 0.421 e. The summed E-state index contributed by atoms with van der Waals surface area (Å²) in [4.78, 5) is 29.5. The summed E-state index contributed by atoms with van der Waals surface area (Å²) in [6.07, 6.45) is 1.41. The fraction of sp³-hybridized carbons (Fsp3) is 0.227. The second kappa shape index (κ2) is 7.97. The zero-order valence-corrected chi connectivity index (χ0v) is 17.4. The van der Waals surface area contributed by atoms with Crippen LogP contribution in [-0.4, -0.2) is 64.8 Å². The number of benzene rings is 2. The molecule has 9 heteroatoms. The van der Waals surface area contributed by atoms with Gasteiger partial charge in [0, 0.05) is 7.05 Å². The van der Waals surface area contributed by atoms with Crippen LogP contribution in [0.3, 0.4) is 0 Å². The van der Waals surface area contributed by atoms with Crippen molar-refractivity contribution in [1.82, 2.24) is 24.8 Å². The number of nitrogens with one attached hydrogen (secondary N) is 1. The molecule has 0 spiro atoms. The summed E-state index contributed by atoms with van der Waals surface area (Å²) in [5.74, 6) is 0.147. The fourth-order valence-corrected chi connectivity index (χ4v) is 3.49. The second-order valence-corrected chi connectivity index (χ2v) is 7.46. The molecule has 0 saturated carbocycles. The van der Waals surface area contributed by atoms with Crippen molar-refractivity contribution in [3.63, 3.8) is 0 Å². The molecule has 2 aromatic carbocycles. The van der Waals surface area contributed by atoms with Gasteiger partial charge in [0.15, 0.2) is 0 Å². The minimum atomic E-state index is -0.751. The highest BCUT2D eigenvalue weighted by atomic mass is 16.3. The standard InChI is InChI=1S/C22H22N6O3/c1-14-8-10-15(11-9-14)13-28-18-19(26(2)22(31)27(3)20(18)30)24-21(28)25-23-12-16-6-4-5-7-17(16)29/h4-12,18H,13H2,1-3H3,(H,23,29). The van der Waals surface area contributed by atoms with E-state index < -0.39 is 12.1 Å². The van der Waals surface area contributed by atoms with E-state index >= 15 is 0 Å². The molecule has 1 fully saturated rings. The van der Waals surface area contributed by atoms with Gasteiger partial charge in [0.05, 0.1) is 19.8 Å². The molecule has 9 nitrogen and oxygen atoms in total. The lowest BCUT2D eigenvalue weighted by Gasteiger charge is -2.31. The Kier molecular flexibility index (Phi) is 5.19. The Hall–Kier alpha value is -4.10. The molecule has 1 N–H and O–H groups in total. The molecule has 0 radical (unpaired) electrons. The number of aryl methyl sites for hydroxylation is 1. The van der Waals surface area contributed by atoms with E-state index in [0.29, 0.717) is 23.9 Å². The third-order valence-corrected chi connectivity index (χ3v) is 5.29. The second-order valence-electron chi connectivity index (χ2n) is 7.46. The maximum absolute atomic E-state index is 12.9. The summed E-state index contributed by atoms with van der Waals surface area (Å²) in [7, 11) is 3.04. The van der Waals surface area contributed by atoms with Gasteiger partial charge in [-0.3, -0.25) is 9.69 Å². The summed E-state index contributed by atoms with van der Waals surface area (Å²) < 4.78 is 4.49. The molecule has 3 amide bonds. The molecular weight excluding hydrogens is 396 g/mol. The van der Waals surface area contributed by atoms with Gasteiger partial charge in [0.25, 0.3) is 5.91 Å². The number of hydrazone groups is 1. The lowest BCUT2D eigenvalue weighted by atomic mass is 10.1. The summed E-state index contributed by atoms with van der Waals surface area (Å²) in [5, 5.41) is 16.0. The van der Waals surface area contributed by atoms with Gasteiger partial charge >= 0.3 is 17.8 Å². The third kappa shape index (κ3) is 3.74. The number of nitrogens with zero attached hydrogens (tertiary/aromatic N) is 5. The van der Waals surface area contributed by atoms with Gasteiger partial charge in [-0.15, -0.1) is 5.10 Å². The first-order valence-electron chi connectivity index (χ1n) is 9.75. The number of para-hydroxylation sites is 1. The number of amides is 3. The Morgan fingerprint density at radius 1 is 1.10 bits per heavy atom. The van der Waals surface area contributed by atoms with Crippen molar-refractivity contribution >= 4 is 29.9 Å². The molecule has 1 atom stereocenters. The topological polar surface area (TPSA) is 105 Å². The van der Waals surface area contributed by atoms with Crippen molar-refractivity contribution in [2.45, 2.75) is 19.5 Å². The van der Waals surface area contributed by atoms with Crippen LogP contribution in [0.2, 0.25) is 0 Å². The van der Waals surface area contributed by atoms with Crippen molar-refractivity contribution in [2.75, 3.05) is 14.1 Å². The monoisotopic (exact) mass is 418 g/mol. The number of carbonyl (C=O) groups excluding carboxylic acids is 2. The lowest BCUT2D eigenvalue weighted by molar-refractivity contribution is -0.268. The quantitative estimate of drug-likeness (QED) is 0.435. The van der Waals surface area contributed by atoms with E-state index in [0.717, 1.165) is 16.0 Å². The van der Waals surface area contributed by atoms with Gasteiger partial charge in [-0.25, -0.2) is 19.3 Å². The van der Waals surface area contributed by atoms with Gasteiger partial charge in [-0.2, -0.15) is 5.43 Å². The number of hydrogen-bond donors (Lipinski definition) is 1. The normalized spacial score (nSPS) is 18.4. The Labute approximate surface area is 179 Å². The predicted molar refractivity (Wildman–Crippen MR) is 115 cm³/mol. The molecule has 31 heavy (non-hydrogen) atoms. The average Bonchev–Trinajstić information content (AvgIpc) is 3.12. The fourth-order valence-electron chi connectivity index (χ4n) is 3.49. The predicted octanol–water partition coefficient (Wildman–Crippen LogP) is 0.222. The van der Waals surface area contributed by atoms with Crippen LogP contribution in [0.25, 0.3) is 0 Å². The van der Waals surface area contributed by atoms with Gasteiger partial charge in [-0.1, -0.05) is 59.8 Å². The molecule has 2 aromatic rings. The number of likely N-dealkylation sites (N-methyl/N-ethyl adjacent to an activating group) is 2. The van der Waals surface area contributed by atoms with E-state index in [1.54, 1.807) is 30.1 Å². The number of hydrogen-bond acceptors (Lipinski definition) is 6. The Balaban J connectivity index is 1.65. The van der Waals surface area contributed by atoms with E-state index in [1.165, 1.54) is 24.2 Å². The van der Waals surface area contributed by atoms with Crippen LogP contribution in [0.5, 0.6) is 5.75 Å². The minimum absolute atomic E-state index is 0.150. The SMILES string of the molecule is Cc1ccc(CN2C(N/N=C/c3ccccc3[O-])=[N+]=C3C2C(=O)N(C)C(=O)N3C)cc1. The number of urea groups is 1. The van der Waals surface area contributed by atoms with Gasteiger partial charge in [-0.05, 0) is 18.1 Å². The van der Waals surface area contributed by atoms with Gasteiger partial charge in [0.2, 0.25) is 6.04 Å². The maximum atomic E-state index is 12.9. The summed E-state index contributed by atoms with van der Waals surface area (Å²) in [5.41, 5.74) is 5.37. The zero-order valence-electron chi connectivity index (χ0n) is 17.4. The summed E-state index contributed by atoms with van der Waals surface area (Å²) >= 11 is 0. The number of fused-ring (bicyclic) bond motifs is 1. The molecule has 0 aromatic heterocycles. The first-order chi connectivity index (χ1) is 14.9. The highest BCUT2D eigenvalue weighted by Crippen LogP contribution is 2.20. The molecule has 1 saturated heterocycles. The highest BCUT2D eigenvalue weighted by Gasteiger charge is 2.54. The van der Waals surface area contributed by atoms with E-state index in [2.05, 4.69) is 15.2 Å². The Bertz CT molecular complexity index is 1130. The number of carbonyl (C=O) groups is 2. The van der Waals surface area contributed by atoms with Crippen molar-refractivity contribution < 1.29 is 14.7 Å². The molecule has 0 aliphatic carbocycles. The molecule has 2 heterocycles. The molecular formula is C22H22N6O3. The Morgan fingerprint density at radius 3 is 2.52 bits per heavy atom. The first-order valence-corrected chi connectivity index (χ1v) is 9.75.